The van der Waals surface area contributed by atoms with Crippen molar-refractivity contribution in [1.29, 1.82) is 0 Å². The van der Waals surface area contributed by atoms with Crippen molar-refractivity contribution in [2.75, 3.05) is 5.73 Å². The van der Waals surface area contributed by atoms with Gasteiger partial charge in [0.15, 0.2) is 5.78 Å². The van der Waals surface area contributed by atoms with Crippen molar-refractivity contribution in [2.45, 2.75) is 39.0 Å². The first kappa shape index (κ1) is 13.4. The third kappa shape index (κ3) is 2.38. The Bertz CT molecular complexity index is 640. The molecule has 1 aromatic heterocycles. The van der Waals surface area contributed by atoms with E-state index in [0.29, 0.717) is 5.00 Å². The van der Waals surface area contributed by atoms with Crippen LogP contribution in [0.25, 0.3) is 0 Å². The number of nitrogen functional groups attached to an aromatic ring is 1. The zero-order chi connectivity index (χ0) is 14.1. The number of ketones is 1. The van der Waals surface area contributed by atoms with Crippen LogP contribution in [0.2, 0.25) is 0 Å². The Morgan fingerprint density at radius 3 is 2.55 bits per heavy atom. The molecule has 0 atom stereocenters. The molecule has 0 radical (unpaired) electrons. The molecule has 1 aromatic carbocycles. The molecule has 2 nitrogen and oxygen atoms in total. The summed E-state index contributed by atoms with van der Waals surface area (Å²) < 4.78 is 0. The van der Waals surface area contributed by atoms with E-state index in [1.165, 1.54) is 28.8 Å². The molecule has 0 unspecified atom stereocenters. The Hall–Kier alpha value is -1.61. The predicted octanol–water partition coefficient (Wildman–Crippen LogP) is 4.14. The van der Waals surface area contributed by atoms with Crippen LogP contribution in [0.15, 0.2) is 24.3 Å². The standard InChI is InChI=1S/C17H19NOS/c1-11-7-9-12(10-8-11)16(19)15-13-5-3-2-4-6-14(13)20-17(15)18/h7-10H,2-6,18H2,1H3. The first-order valence-corrected chi connectivity index (χ1v) is 8.00. The average molecular weight is 285 g/mol. The lowest BCUT2D eigenvalue weighted by Gasteiger charge is -2.05. The van der Waals surface area contributed by atoms with E-state index in [4.69, 9.17) is 5.73 Å². The minimum Gasteiger partial charge on any atom is -0.390 e. The minimum atomic E-state index is 0.0851. The predicted molar refractivity (Wildman–Crippen MR) is 84.6 cm³/mol. The van der Waals surface area contributed by atoms with Crippen molar-refractivity contribution in [1.82, 2.24) is 0 Å². The van der Waals surface area contributed by atoms with Crippen molar-refractivity contribution in [3.8, 4) is 0 Å². The van der Waals surface area contributed by atoms with Gasteiger partial charge in [-0.05, 0) is 38.2 Å². The maximum Gasteiger partial charge on any atom is 0.196 e. The normalized spacial score (nSPS) is 14.7. The highest BCUT2D eigenvalue weighted by Crippen LogP contribution is 2.36. The van der Waals surface area contributed by atoms with Gasteiger partial charge >= 0.3 is 0 Å². The Morgan fingerprint density at radius 2 is 1.80 bits per heavy atom. The molecule has 2 N–H and O–H groups in total. The quantitative estimate of drug-likeness (QED) is 0.665. The summed E-state index contributed by atoms with van der Waals surface area (Å²) in [6.07, 6.45) is 5.70. The highest BCUT2D eigenvalue weighted by molar-refractivity contribution is 7.16. The van der Waals surface area contributed by atoms with E-state index in [1.54, 1.807) is 11.3 Å². The molecule has 1 heterocycles. The van der Waals surface area contributed by atoms with Gasteiger partial charge in [-0.2, -0.15) is 0 Å². The van der Waals surface area contributed by atoms with Crippen LogP contribution in [0.3, 0.4) is 0 Å². The van der Waals surface area contributed by atoms with Crippen molar-refractivity contribution < 1.29 is 4.79 Å². The summed E-state index contributed by atoms with van der Waals surface area (Å²) in [5.74, 6) is 0.0851. The van der Waals surface area contributed by atoms with Crippen LogP contribution in [-0.4, -0.2) is 5.78 Å². The first-order valence-electron chi connectivity index (χ1n) is 7.18. The van der Waals surface area contributed by atoms with Gasteiger partial charge in [0, 0.05) is 10.4 Å². The number of fused-ring (bicyclic) bond motifs is 1. The number of carbonyl (C=O) groups excluding carboxylic acids is 1. The molecule has 0 saturated heterocycles. The number of benzene rings is 1. The number of carbonyl (C=O) groups is 1. The van der Waals surface area contributed by atoms with Crippen molar-refractivity contribution >= 4 is 22.1 Å². The van der Waals surface area contributed by atoms with E-state index in [2.05, 4.69) is 0 Å². The number of aryl methyl sites for hydroxylation is 2. The minimum absolute atomic E-state index is 0.0851. The molecule has 0 aliphatic heterocycles. The molecule has 1 aliphatic rings. The molecule has 0 spiro atoms. The number of nitrogens with two attached hydrogens (primary N) is 1. The van der Waals surface area contributed by atoms with E-state index in [9.17, 15) is 4.79 Å². The molecule has 0 fully saturated rings. The van der Waals surface area contributed by atoms with E-state index in [0.717, 1.165) is 30.4 Å². The zero-order valence-electron chi connectivity index (χ0n) is 11.7. The Labute approximate surface area is 123 Å². The molecule has 0 bridgehead atoms. The van der Waals surface area contributed by atoms with Gasteiger partial charge in [0.25, 0.3) is 0 Å². The van der Waals surface area contributed by atoms with Gasteiger partial charge in [-0.25, -0.2) is 0 Å². The Morgan fingerprint density at radius 1 is 1.10 bits per heavy atom. The van der Waals surface area contributed by atoms with E-state index in [-0.39, 0.29) is 5.78 Å². The topological polar surface area (TPSA) is 43.1 Å². The third-order valence-electron chi connectivity index (χ3n) is 3.99. The summed E-state index contributed by atoms with van der Waals surface area (Å²) in [4.78, 5) is 14.1. The van der Waals surface area contributed by atoms with E-state index in [1.807, 2.05) is 31.2 Å². The van der Waals surface area contributed by atoms with Gasteiger partial charge in [-0.15, -0.1) is 11.3 Å². The second-order valence-corrected chi connectivity index (χ2v) is 6.64. The summed E-state index contributed by atoms with van der Waals surface area (Å²) >= 11 is 1.61. The fourth-order valence-electron chi connectivity index (χ4n) is 2.86. The molecule has 3 heteroatoms. The van der Waals surface area contributed by atoms with Crippen molar-refractivity contribution in [3.05, 3.63) is 51.4 Å². The summed E-state index contributed by atoms with van der Waals surface area (Å²) in [7, 11) is 0. The molecule has 3 rings (SSSR count). The average Bonchev–Trinajstić information content (AvgIpc) is 2.60. The number of hydrogen-bond acceptors (Lipinski definition) is 3. The molecule has 0 saturated carbocycles. The molecule has 0 amide bonds. The van der Waals surface area contributed by atoms with Crippen LogP contribution in [0, 0.1) is 6.92 Å². The van der Waals surface area contributed by atoms with Crippen molar-refractivity contribution in [2.24, 2.45) is 0 Å². The summed E-state index contributed by atoms with van der Waals surface area (Å²) in [5, 5.41) is 0.697. The number of thiophene rings is 1. The molecular weight excluding hydrogens is 266 g/mol. The lowest BCUT2D eigenvalue weighted by Crippen LogP contribution is -2.06. The lowest BCUT2D eigenvalue weighted by molar-refractivity contribution is 0.103. The molecular formula is C17H19NOS. The van der Waals surface area contributed by atoms with E-state index >= 15 is 0 Å². The molecule has 104 valence electrons. The zero-order valence-corrected chi connectivity index (χ0v) is 12.6. The van der Waals surface area contributed by atoms with Crippen LogP contribution in [0.1, 0.15) is 51.2 Å². The number of anilines is 1. The fraction of sp³-hybridized carbons (Fsp3) is 0.353. The Balaban J connectivity index is 2.03. The smallest absolute Gasteiger partial charge is 0.196 e. The van der Waals surface area contributed by atoms with Crippen LogP contribution in [-0.2, 0) is 12.8 Å². The van der Waals surface area contributed by atoms with Crippen molar-refractivity contribution in [3.63, 3.8) is 0 Å². The van der Waals surface area contributed by atoms with Crippen LogP contribution in [0.4, 0.5) is 5.00 Å². The highest BCUT2D eigenvalue weighted by atomic mass is 32.1. The largest absolute Gasteiger partial charge is 0.390 e. The molecule has 2 aromatic rings. The van der Waals surface area contributed by atoms with Gasteiger partial charge in [0.1, 0.15) is 0 Å². The van der Waals surface area contributed by atoms with Gasteiger partial charge in [0.2, 0.25) is 0 Å². The third-order valence-corrected chi connectivity index (χ3v) is 5.11. The molecule has 1 aliphatic carbocycles. The second kappa shape index (κ2) is 5.41. The Kier molecular flexibility index (Phi) is 3.62. The first-order chi connectivity index (χ1) is 9.66. The fourth-order valence-corrected chi connectivity index (χ4v) is 4.02. The van der Waals surface area contributed by atoms with Crippen LogP contribution < -0.4 is 5.73 Å². The summed E-state index contributed by atoms with van der Waals surface area (Å²) in [6.45, 7) is 2.03. The maximum absolute atomic E-state index is 12.8. The lowest BCUT2D eigenvalue weighted by atomic mass is 9.97. The highest BCUT2D eigenvalue weighted by Gasteiger charge is 2.23. The SMILES string of the molecule is Cc1ccc(C(=O)c2c(N)sc3c2CCCCC3)cc1. The van der Waals surface area contributed by atoms with Gasteiger partial charge in [-0.3, -0.25) is 4.79 Å². The molecule has 20 heavy (non-hydrogen) atoms. The van der Waals surface area contributed by atoms with Crippen LogP contribution in [0.5, 0.6) is 0 Å². The van der Waals surface area contributed by atoms with Gasteiger partial charge in [-0.1, -0.05) is 36.2 Å². The number of rotatable bonds is 2. The monoisotopic (exact) mass is 285 g/mol. The number of hydrogen-bond donors (Lipinski definition) is 1. The maximum atomic E-state index is 12.8. The summed E-state index contributed by atoms with van der Waals surface area (Å²) in [6, 6.07) is 7.76. The summed E-state index contributed by atoms with van der Waals surface area (Å²) in [5.41, 5.74) is 10.0. The second-order valence-electron chi connectivity index (χ2n) is 5.50. The van der Waals surface area contributed by atoms with E-state index < -0.39 is 0 Å². The van der Waals surface area contributed by atoms with Crippen LogP contribution >= 0.6 is 11.3 Å². The van der Waals surface area contributed by atoms with Gasteiger partial charge < -0.3 is 5.73 Å². The van der Waals surface area contributed by atoms with Gasteiger partial charge in [0.05, 0.1) is 10.6 Å².